The molecule has 4 heteroatoms. The van der Waals surface area contributed by atoms with Crippen LogP contribution in [0.15, 0.2) is 78.9 Å². The molecule has 2 unspecified atom stereocenters. The van der Waals surface area contributed by atoms with Crippen LogP contribution in [0.4, 0.5) is 0 Å². The second-order valence-electron chi connectivity index (χ2n) is 11.9. The van der Waals surface area contributed by atoms with E-state index in [2.05, 4.69) is 96.4 Å². The maximum atomic E-state index is 6.19. The van der Waals surface area contributed by atoms with Crippen molar-refractivity contribution >= 4 is 11.1 Å². The lowest BCUT2D eigenvalue weighted by molar-refractivity contribution is 0.283. The van der Waals surface area contributed by atoms with E-state index in [1.165, 1.54) is 79.2 Å². The van der Waals surface area contributed by atoms with E-state index in [4.69, 9.17) is 9.47 Å². The van der Waals surface area contributed by atoms with Crippen LogP contribution in [-0.4, -0.2) is 38.4 Å². The average molecular weight is 567 g/mol. The van der Waals surface area contributed by atoms with Crippen LogP contribution in [0.5, 0.6) is 11.5 Å². The van der Waals surface area contributed by atoms with Gasteiger partial charge in [-0.15, -0.1) is 0 Å². The monoisotopic (exact) mass is 566 g/mol. The van der Waals surface area contributed by atoms with Crippen LogP contribution in [-0.2, 0) is 0 Å². The Kier molecular flexibility index (Phi) is 12.0. The smallest absolute Gasteiger partial charge is 0.119 e. The van der Waals surface area contributed by atoms with Crippen LogP contribution in [0.25, 0.3) is 11.1 Å². The van der Waals surface area contributed by atoms with Gasteiger partial charge in [-0.25, -0.2) is 0 Å². The zero-order valence-corrected chi connectivity index (χ0v) is 25.6. The third kappa shape index (κ3) is 8.96. The molecule has 2 fully saturated rings. The van der Waals surface area contributed by atoms with Crippen molar-refractivity contribution in [2.75, 3.05) is 26.3 Å². The fourth-order valence-electron chi connectivity index (χ4n) is 6.45. The number of nitrogens with one attached hydrogen (secondary N) is 2. The maximum absolute atomic E-state index is 6.19. The van der Waals surface area contributed by atoms with E-state index in [1.807, 2.05) is 0 Å². The third-order valence-electron chi connectivity index (χ3n) is 8.86. The predicted molar refractivity (Wildman–Crippen MR) is 176 cm³/mol. The summed E-state index contributed by atoms with van der Waals surface area (Å²) in [4.78, 5) is 0. The lowest BCUT2D eigenvalue weighted by Crippen LogP contribution is -2.29. The minimum Gasteiger partial charge on any atom is -0.494 e. The van der Waals surface area contributed by atoms with Gasteiger partial charge in [0.25, 0.3) is 0 Å². The largest absolute Gasteiger partial charge is 0.494 e. The number of rotatable bonds is 12. The molecule has 2 heterocycles. The second kappa shape index (κ2) is 16.5. The van der Waals surface area contributed by atoms with Crippen molar-refractivity contribution in [2.24, 2.45) is 0 Å². The van der Waals surface area contributed by atoms with Gasteiger partial charge in [0.15, 0.2) is 0 Å². The van der Waals surface area contributed by atoms with Gasteiger partial charge in [0.05, 0.1) is 13.2 Å². The first kappa shape index (κ1) is 30.4. The van der Waals surface area contributed by atoms with E-state index < -0.39 is 0 Å². The molecule has 224 valence electrons. The summed E-state index contributed by atoms with van der Waals surface area (Å²) >= 11 is 0. The zero-order valence-electron chi connectivity index (χ0n) is 25.6. The van der Waals surface area contributed by atoms with Crippen molar-refractivity contribution in [3.05, 3.63) is 95.6 Å². The highest BCUT2D eigenvalue weighted by molar-refractivity contribution is 5.98. The first-order valence-corrected chi connectivity index (χ1v) is 16.5. The summed E-state index contributed by atoms with van der Waals surface area (Å²) in [5.74, 6) is 1.88. The Labute approximate surface area is 253 Å². The van der Waals surface area contributed by atoms with E-state index >= 15 is 0 Å². The van der Waals surface area contributed by atoms with Crippen LogP contribution in [0.2, 0.25) is 0 Å². The Hall–Kier alpha value is -3.08. The molecule has 0 radical (unpaired) electrons. The van der Waals surface area contributed by atoms with Crippen LogP contribution in [0.3, 0.4) is 0 Å². The molecule has 2 atom stereocenters. The van der Waals surface area contributed by atoms with Crippen LogP contribution in [0, 0.1) is 0 Å². The number of hydrogen-bond acceptors (Lipinski definition) is 4. The maximum Gasteiger partial charge on any atom is 0.119 e. The summed E-state index contributed by atoms with van der Waals surface area (Å²) in [6, 6.07) is 29.4. The molecule has 0 bridgehead atoms. The second-order valence-corrected chi connectivity index (χ2v) is 11.9. The highest BCUT2D eigenvalue weighted by atomic mass is 16.5. The molecular weight excluding hydrogens is 516 g/mol. The molecule has 0 aromatic heterocycles. The number of benzene rings is 3. The molecule has 2 aliphatic heterocycles. The molecule has 3 aromatic rings. The first-order valence-electron chi connectivity index (χ1n) is 16.5. The van der Waals surface area contributed by atoms with Gasteiger partial charge in [0, 0.05) is 12.1 Å². The lowest BCUT2D eigenvalue weighted by atomic mass is 9.88. The fourth-order valence-corrected chi connectivity index (χ4v) is 6.45. The number of allylic oxidation sites excluding steroid dienone is 1. The van der Waals surface area contributed by atoms with Crippen molar-refractivity contribution in [2.45, 2.75) is 89.6 Å². The van der Waals surface area contributed by atoms with Gasteiger partial charge in [0.1, 0.15) is 11.5 Å². The minimum atomic E-state index is 0.583. The summed E-state index contributed by atoms with van der Waals surface area (Å²) < 4.78 is 12.4. The molecule has 4 nitrogen and oxygen atoms in total. The van der Waals surface area contributed by atoms with Crippen molar-refractivity contribution in [3.63, 3.8) is 0 Å². The molecule has 42 heavy (non-hydrogen) atoms. The lowest BCUT2D eigenvalue weighted by Gasteiger charge is -2.18. The quantitative estimate of drug-likeness (QED) is 0.215. The molecule has 3 aromatic carbocycles. The Balaban J connectivity index is 1.29. The standard InChI is InChI=1S/C38H50N2O2/c1-2-37(30-12-6-3-7-13-30)38(31-16-20-35(21-17-31)41-28-24-33-14-8-4-10-26-39-33)32-18-22-36(23-19-32)42-29-25-34-15-9-5-11-27-40-34/h3,6-7,12-13,16-23,33-34,39-40H,2,4-5,8-11,14-15,24-29H2,1H3. The fraction of sp³-hybridized carbons (Fsp3) is 0.474. The van der Waals surface area contributed by atoms with E-state index in [1.54, 1.807) is 0 Å². The average Bonchev–Trinajstić information content (AvgIpc) is 3.47. The minimum absolute atomic E-state index is 0.583. The number of ether oxygens (including phenoxy) is 2. The summed E-state index contributed by atoms with van der Waals surface area (Å²) in [5.41, 5.74) is 6.30. The van der Waals surface area contributed by atoms with Gasteiger partial charge in [-0.05, 0) is 110 Å². The van der Waals surface area contributed by atoms with E-state index in [0.717, 1.165) is 57.1 Å². The predicted octanol–water partition coefficient (Wildman–Crippen LogP) is 8.66. The van der Waals surface area contributed by atoms with Gasteiger partial charge in [-0.3, -0.25) is 0 Å². The zero-order chi connectivity index (χ0) is 28.8. The van der Waals surface area contributed by atoms with Crippen molar-refractivity contribution in [1.29, 1.82) is 0 Å². The Morgan fingerprint density at radius 2 is 1.10 bits per heavy atom. The number of hydrogen-bond donors (Lipinski definition) is 2. The van der Waals surface area contributed by atoms with Gasteiger partial charge in [-0.2, -0.15) is 0 Å². The SMILES string of the molecule is CCC(=C(c1ccc(OCCC2CCCCCN2)cc1)c1ccc(OCCC2CCCCCN2)cc1)c1ccccc1. The van der Waals surface area contributed by atoms with Crippen LogP contribution in [0.1, 0.15) is 94.2 Å². The van der Waals surface area contributed by atoms with E-state index in [9.17, 15) is 0 Å². The summed E-state index contributed by atoms with van der Waals surface area (Å²) in [6.45, 7) is 6.03. The molecule has 0 spiro atoms. The van der Waals surface area contributed by atoms with Crippen molar-refractivity contribution in [3.8, 4) is 11.5 Å². The van der Waals surface area contributed by atoms with E-state index in [0.29, 0.717) is 12.1 Å². The molecular formula is C38H50N2O2. The van der Waals surface area contributed by atoms with Gasteiger partial charge in [0.2, 0.25) is 0 Å². The van der Waals surface area contributed by atoms with Gasteiger partial charge < -0.3 is 20.1 Å². The summed E-state index contributed by atoms with van der Waals surface area (Å²) in [7, 11) is 0. The first-order chi connectivity index (χ1) is 20.8. The molecule has 0 amide bonds. The third-order valence-corrected chi connectivity index (χ3v) is 8.86. The van der Waals surface area contributed by atoms with Crippen molar-refractivity contribution < 1.29 is 9.47 Å². The van der Waals surface area contributed by atoms with Gasteiger partial charge >= 0.3 is 0 Å². The molecule has 2 aliphatic rings. The molecule has 2 N–H and O–H groups in total. The van der Waals surface area contributed by atoms with Crippen LogP contribution >= 0.6 is 0 Å². The molecule has 2 saturated heterocycles. The topological polar surface area (TPSA) is 42.5 Å². The summed E-state index contributed by atoms with van der Waals surface area (Å²) in [6.07, 6.45) is 13.5. The Morgan fingerprint density at radius 1 is 0.595 bits per heavy atom. The highest BCUT2D eigenvalue weighted by Gasteiger charge is 2.15. The molecule has 0 saturated carbocycles. The van der Waals surface area contributed by atoms with Crippen molar-refractivity contribution in [1.82, 2.24) is 10.6 Å². The Morgan fingerprint density at radius 3 is 1.57 bits per heavy atom. The molecule has 5 rings (SSSR count). The van der Waals surface area contributed by atoms with Crippen LogP contribution < -0.4 is 20.1 Å². The Bertz CT molecular complexity index is 1130. The summed E-state index contributed by atoms with van der Waals surface area (Å²) in [5, 5.41) is 7.36. The molecule has 0 aliphatic carbocycles. The van der Waals surface area contributed by atoms with E-state index in [-0.39, 0.29) is 0 Å². The van der Waals surface area contributed by atoms with Gasteiger partial charge in [-0.1, -0.05) is 87.2 Å². The highest BCUT2D eigenvalue weighted by Crippen LogP contribution is 2.35. The normalized spacial score (nSPS) is 19.4.